The molecule has 2 atom stereocenters. The number of carbonyl (C=O) groups excluding carboxylic acids is 1. The van der Waals surface area contributed by atoms with Gasteiger partial charge in [0.1, 0.15) is 5.82 Å². The quantitative estimate of drug-likeness (QED) is 0.483. The lowest BCUT2D eigenvalue weighted by Gasteiger charge is -2.23. The van der Waals surface area contributed by atoms with Gasteiger partial charge in [0.05, 0.1) is 18.4 Å². The molecule has 1 amide bonds. The fourth-order valence-electron chi connectivity index (χ4n) is 4.32. The van der Waals surface area contributed by atoms with E-state index in [-0.39, 0.29) is 36.5 Å². The first-order valence-electron chi connectivity index (χ1n) is 11.2. The molecule has 6 nitrogen and oxygen atoms in total. The minimum Gasteiger partial charge on any atom is -0.381 e. The average Bonchev–Trinajstić information content (AvgIpc) is 3.45. The number of nitrogens with zero attached hydrogens (tertiary/aromatic N) is 2. The van der Waals surface area contributed by atoms with Crippen LogP contribution in [0.15, 0.2) is 60.9 Å². The Morgan fingerprint density at radius 2 is 1.88 bits per heavy atom. The monoisotopic (exact) mass is 506 g/mol. The van der Waals surface area contributed by atoms with Gasteiger partial charge in [0.2, 0.25) is 0 Å². The molecule has 0 spiro atoms. The lowest BCUT2D eigenvalue weighted by molar-refractivity contribution is 0.0774. The lowest BCUT2D eigenvalue weighted by atomic mass is 10.1. The van der Waals surface area contributed by atoms with Crippen molar-refractivity contribution >= 4 is 36.4 Å². The molecule has 182 valence electrons. The first kappa shape index (κ1) is 26.2. The average molecular weight is 507 g/mol. The number of ether oxygens (including phenoxy) is 1. The third-order valence-electron chi connectivity index (χ3n) is 6.19. The normalized spacial score (nSPS) is 19.6. The second-order valence-corrected chi connectivity index (χ2v) is 8.63. The van der Waals surface area contributed by atoms with E-state index < -0.39 is 0 Å². The van der Waals surface area contributed by atoms with Crippen molar-refractivity contribution in [1.29, 1.82) is 0 Å². The van der Waals surface area contributed by atoms with Crippen molar-refractivity contribution in [1.82, 2.24) is 15.1 Å². The number of benzene rings is 2. The summed E-state index contributed by atoms with van der Waals surface area (Å²) in [6.07, 6.45) is 6.65. The van der Waals surface area contributed by atoms with Gasteiger partial charge in [-0.25, -0.2) is 4.39 Å². The van der Waals surface area contributed by atoms with Crippen LogP contribution in [0.25, 0.3) is 0 Å². The molecule has 2 heterocycles. The van der Waals surface area contributed by atoms with Crippen molar-refractivity contribution in [3.05, 3.63) is 83.4 Å². The Kier molecular flexibility index (Phi) is 9.08. The first-order chi connectivity index (χ1) is 15.6. The van der Waals surface area contributed by atoms with Crippen LogP contribution in [-0.2, 0) is 11.3 Å². The zero-order chi connectivity index (χ0) is 21.9. The third kappa shape index (κ3) is 6.57. The Labute approximate surface area is 211 Å². The standard InChI is InChI=1S/C25H27FN4O2.2ClH/c26-20-6-4-17(5-7-20)15-30-16-22(14-27-30)29-25(31)19-3-1-2-18(12-19)23-13-24(23)28-21-8-10-32-11-9-21;;/h1-7,12,14,16,21,23-24,28H,8-11,13,15H2,(H,29,31);2*1H. The van der Waals surface area contributed by atoms with Gasteiger partial charge < -0.3 is 15.4 Å². The molecule has 0 radical (unpaired) electrons. The van der Waals surface area contributed by atoms with Crippen LogP contribution in [0.1, 0.15) is 46.7 Å². The first-order valence-corrected chi connectivity index (χ1v) is 11.2. The van der Waals surface area contributed by atoms with E-state index >= 15 is 0 Å². The Bertz CT molecular complexity index is 1090. The van der Waals surface area contributed by atoms with Gasteiger partial charge in [-0.2, -0.15) is 5.10 Å². The van der Waals surface area contributed by atoms with E-state index in [9.17, 15) is 9.18 Å². The summed E-state index contributed by atoms with van der Waals surface area (Å²) in [5.41, 5.74) is 3.42. The van der Waals surface area contributed by atoms with Gasteiger partial charge in [0, 0.05) is 43.0 Å². The molecule has 1 aliphatic heterocycles. The molecule has 2 fully saturated rings. The summed E-state index contributed by atoms with van der Waals surface area (Å²) in [5, 5.41) is 11.0. The van der Waals surface area contributed by atoms with E-state index in [2.05, 4.69) is 21.8 Å². The summed E-state index contributed by atoms with van der Waals surface area (Å²) in [7, 11) is 0. The Morgan fingerprint density at radius 1 is 1.12 bits per heavy atom. The van der Waals surface area contributed by atoms with Gasteiger partial charge in [-0.15, -0.1) is 24.8 Å². The molecule has 2 N–H and O–H groups in total. The van der Waals surface area contributed by atoms with Crippen LogP contribution in [0.5, 0.6) is 0 Å². The minimum atomic E-state index is -0.263. The Morgan fingerprint density at radius 3 is 2.65 bits per heavy atom. The molecule has 1 saturated heterocycles. The minimum absolute atomic E-state index is 0. The smallest absolute Gasteiger partial charge is 0.255 e. The maximum atomic E-state index is 13.1. The van der Waals surface area contributed by atoms with E-state index in [4.69, 9.17) is 4.74 Å². The molecule has 1 aromatic heterocycles. The molecule has 1 aliphatic carbocycles. The summed E-state index contributed by atoms with van der Waals surface area (Å²) in [5.74, 6) is 0.0492. The number of nitrogens with one attached hydrogen (secondary N) is 2. The van der Waals surface area contributed by atoms with E-state index in [1.807, 2.05) is 18.2 Å². The number of amides is 1. The van der Waals surface area contributed by atoms with Gasteiger partial charge >= 0.3 is 0 Å². The van der Waals surface area contributed by atoms with Gasteiger partial charge in [-0.05, 0) is 54.7 Å². The SMILES string of the molecule is Cl.Cl.O=C(Nc1cnn(Cc2ccc(F)cc2)c1)c1cccc(C2CC2NC2CCOCC2)c1. The summed E-state index contributed by atoms with van der Waals surface area (Å²) < 4.78 is 20.2. The van der Waals surface area contributed by atoms with Crippen molar-refractivity contribution in [2.24, 2.45) is 0 Å². The predicted octanol–water partition coefficient (Wildman–Crippen LogP) is 4.79. The molecule has 3 aromatic rings. The molecule has 1 saturated carbocycles. The van der Waals surface area contributed by atoms with E-state index in [1.165, 1.54) is 17.7 Å². The van der Waals surface area contributed by atoms with Crippen LogP contribution < -0.4 is 10.6 Å². The maximum absolute atomic E-state index is 13.1. The van der Waals surface area contributed by atoms with Gasteiger partial charge in [0.25, 0.3) is 5.91 Å². The molecule has 0 bridgehead atoms. The number of rotatable bonds is 7. The highest BCUT2D eigenvalue weighted by Crippen LogP contribution is 2.41. The van der Waals surface area contributed by atoms with Crippen LogP contribution in [0, 0.1) is 5.82 Å². The van der Waals surface area contributed by atoms with Crippen molar-refractivity contribution in [3.8, 4) is 0 Å². The maximum Gasteiger partial charge on any atom is 0.255 e. The molecular formula is C25H29Cl2FN4O2. The van der Waals surface area contributed by atoms with Crippen molar-refractivity contribution in [2.75, 3.05) is 18.5 Å². The highest BCUT2D eigenvalue weighted by Gasteiger charge is 2.39. The molecule has 2 unspecified atom stereocenters. The third-order valence-corrected chi connectivity index (χ3v) is 6.19. The van der Waals surface area contributed by atoms with Crippen LogP contribution in [0.4, 0.5) is 10.1 Å². The topological polar surface area (TPSA) is 68.2 Å². The van der Waals surface area contributed by atoms with Crippen LogP contribution in [-0.4, -0.2) is 41.0 Å². The second-order valence-electron chi connectivity index (χ2n) is 8.63. The Balaban J connectivity index is 0.00000162. The number of anilines is 1. The molecule has 5 rings (SSSR count). The summed E-state index contributed by atoms with van der Waals surface area (Å²) in [4.78, 5) is 12.8. The zero-order valence-corrected chi connectivity index (χ0v) is 20.3. The number of aromatic nitrogens is 2. The lowest BCUT2D eigenvalue weighted by Crippen LogP contribution is -2.36. The summed E-state index contributed by atoms with van der Waals surface area (Å²) >= 11 is 0. The fourth-order valence-corrected chi connectivity index (χ4v) is 4.32. The number of carbonyl (C=O) groups is 1. The molecule has 2 aromatic carbocycles. The number of hydrogen-bond donors (Lipinski definition) is 2. The van der Waals surface area contributed by atoms with Crippen LogP contribution in [0.3, 0.4) is 0 Å². The second kappa shape index (κ2) is 11.8. The molecule has 34 heavy (non-hydrogen) atoms. The number of halogens is 3. The van der Waals surface area contributed by atoms with E-state index in [0.29, 0.717) is 35.8 Å². The van der Waals surface area contributed by atoms with Crippen molar-refractivity contribution in [3.63, 3.8) is 0 Å². The molecule has 9 heteroatoms. The van der Waals surface area contributed by atoms with E-state index in [1.54, 1.807) is 29.2 Å². The van der Waals surface area contributed by atoms with Crippen LogP contribution >= 0.6 is 24.8 Å². The summed E-state index contributed by atoms with van der Waals surface area (Å²) in [6, 6.07) is 15.2. The zero-order valence-electron chi connectivity index (χ0n) is 18.7. The van der Waals surface area contributed by atoms with Crippen molar-refractivity contribution < 1.29 is 13.9 Å². The number of hydrogen-bond acceptors (Lipinski definition) is 4. The predicted molar refractivity (Wildman–Crippen MR) is 135 cm³/mol. The summed E-state index contributed by atoms with van der Waals surface area (Å²) in [6.45, 7) is 2.19. The highest BCUT2D eigenvalue weighted by atomic mass is 35.5. The fraction of sp³-hybridized carbons (Fsp3) is 0.360. The van der Waals surface area contributed by atoms with Gasteiger partial charge in [-0.1, -0.05) is 24.3 Å². The van der Waals surface area contributed by atoms with Gasteiger partial charge in [-0.3, -0.25) is 9.48 Å². The van der Waals surface area contributed by atoms with Crippen LogP contribution in [0.2, 0.25) is 0 Å². The molecule has 2 aliphatic rings. The largest absolute Gasteiger partial charge is 0.381 e. The van der Waals surface area contributed by atoms with Crippen molar-refractivity contribution in [2.45, 2.75) is 43.8 Å². The van der Waals surface area contributed by atoms with E-state index in [0.717, 1.165) is 38.0 Å². The molecular weight excluding hydrogens is 478 g/mol. The highest BCUT2D eigenvalue weighted by molar-refractivity contribution is 6.04. The van der Waals surface area contributed by atoms with Gasteiger partial charge in [0.15, 0.2) is 0 Å². The Hall–Kier alpha value is -2.45.